The first-order valence-electron chi connectivity index (χ1n) is 9.99. The molecule has 0 radical (unpaired) electrons. The van der Waals surface area contributed by atoms with Gasteiger partial charge in [-0.25, -0.2) is 4.79 Å². The van der Waals surface area contributed by atoms with Gasteiger partial charge in [-0.05, 0) is 24.1 Å². The highest BCUT2D eigenvalue weighted by molar-refractivity contribution is 6.42. The fraction of sp³-hybridized carbons (Fsp3) is 0.450. The van der Waals surface area contributed by atoms with E-state index < -0.39 is 11.2 Å². The predicted molar refractivity (Wildman–Crippen MR) is 120 cm³/mol. The monoisotopic (exact) mass is 450 g/mol. The maximum absolute atomic E-state index is 12.5. The third-order valence-corrected chi connectivity index (χ3v) is 6.22. The van der Waals surface area contributed by atoms with Gasteiger partial charge in [0.1, 0.15) is 0 Å². The van der Waals surface area contributed by atoms with Crippen molar-refractivity contribution in [3.63, 3.8) is 0 Å². The maximum atomic E-state index is 12.5. The highest BCUT2D eigenvalue weighted by atomic mass is 35.5. The molecule has 0 bridgehead atoms. The van der Waals surface area contributed by atoms with Crippen LogP contribution in [0.15, 0.2) is 27.8 Å². The molecule has 8 nitrogen and oxygen atoms in total. The maximum Gasteiger partial charge on any atom is 0.329 e. The van der Waals surface area contributed by atoms with Crippen LogP contribution in [0.4, 0.5) is 5.95 Å². The van der Waals surface area contributed by atoms with Crippen LogP contribution in [0.5, 0.6) is 0 Å². The third-order valence-electron chi connectivity index (χ3n) is 5.48. The summed E-state index contributed by atoms with van der Waals surface area (Å²) >= 11 is 12.1. The van der Waals surface area contributed by atoms with Crippen molar-refractivity contribution < 1.29 is 0 Å². The summed E-state index contributed by atoms with van der Waals surface area (Å²) in [6, 6.07) is 5.72. The van der Waals surface area contributed by atoms with E-state index in [1.165, 1.54) is 4.57 Å². The number of imidazole rings is 1. The Labute approximate surface area is 183 Å². The summed E-state index contributed by atoms with van der Waals surface area (Å²) in [7, 11) is 1.63. The van der Waals surface area contributed by atoms with Crippen molar-refractivity contribution in [2.45, 2.75) is 26.4 Å². The van der Waals surface area contributed by atoms with Gasteiger partial charge in [-0.15, -0.1) is 0 Å². The van der Waals surface area contributed by atoms with Crippen LogP contribution >= 0.6 is 23.2 Å². The molecule has 0 atom stereocenters. The van der Waals surface area contributed by atoms with Crippen molar-refractivity contribution in [3.8, 4) is 0 Å². The van der Waals surface area contributed by atoms with Gasteiger partial charge in [0.15, 0.2) is 11.2 Å². The molecule has 160 valence electrons. The van der Waals surface area contributed by atoms with Gasteiger partial charge in [0.25, 0.3) is 5.56 Å². The Morgan fingerprint density at radius 2 is 1.83 bits per heavy atom. The zero-order valence-electron chi connectivity index (χ0n) is 17.0. The Hall–Kier alpha value is -2.29. The molecule has 0 amide bonds. The van der Waals surface area contributed by atoms with E-state index >= 15 is 0 Å². The van der Waals surface area contributed by atoms with E-state index in [0.29, 0.717) is 27.8 Å². The van der Waals surface area contributed by atoms with E-state index in [1.54, 1.807) is 7.05 Å². The molecule has 2 aromatic heterocycles. The number of nitrogens with one attached hydrogen (secondary N) is 1. The van der Waals surface area contributed by atoms with E-state index in [1.807, 2.05) is 22.8 Å². The molecule has 3 aromatic rings. The molecule has 1 saturated heterocycles. The Bertz CT molecular complexity index is 1190. The van der Waals surface area contributed by atoms with Gasteiger partial charge in [0.05, 0.1) is 10.0 Å². The molecule has 3 heterocycles. The van der Waals surface area contributed by atoms with Gasteiger partial charge >= 0.3 is 5.69 Å². The van der Waals surface area contributed by atoms with Gasteiger partial charge in [0, 0.05) is 46.3 Å². The van der Waals surface area contributed by atoms with Crippen LogP contribution in [0, 0.1) is 0 Å². The molecule has 1 aliphatic rings. The highest BCUT2D eigenvalue weighted by Crippen LogP contribution is 2.25. The first-order chi connectivity index (χ1) is 14.4. The van der Waals surface area contributed by atoms with Crippen molar-refractivity contribution in [3.05, 3.63) is 54.6 Å². The van der Waals surface area contributed by atoms with Crippen LogP contribution in [0.2, 0.25) is 10.0 Å². The SMILES string of the molecule is CCCn1c(N2CCN(Cc3ccc(Cl)c(Cl)c3)CC2)nc2c1c(=O)[nH]c(=O)n2C. The van der Waals surface area contributed by atoms with Crippen molar-refractivity contribution in [2.75, 3.05) is 31.1 Å². The van der Waals surface area contributed by atoms with Crippen molar-refractivity contribution in [2.24, 2.45) is 7.05 Å². The third kappa shape index (κ3) is 3.87. The fourth-order valence-electron chi connectivity index (χ4n) is 3.90. The lowest BCUT2D eigenvalue weighted by Crippen LogP contribution is -2.46. The average Bonchev–Trinajstić information content (AvgIpc) is 3.10. The van der Waals surface area contributed by atoms with Crippen LogP contribution in [0.25, 0.3) is 11.2 Å². The molecule has 0 saturated carbocycles. The molecule has 0 aliphatic carbocycles. The number of nitrogens with zero attached hydrogens (tertiary/aromatic N) is 5. The lowest BCUT2D eigenvalue weighted by molar-refractivity contribution is 0.248. The number of fused-ring (bicyclic) bond motifs is 1. The molecule has 1 N–H and O–H groups in total. The van der Waals surface area contributed by atoms with Crippen LogP contribution in [-0.4, -0.2) is 50.2 Å². The molecular weight excluding hydrogens is 427 g/mol. The summed E-state index contributed by atoms with van der Waals surface area (Å²) in [6.07, 6.45) is 0.859. The second kappa shape index (κ2) is 8.45. The van der Waals surface area contributed by atoms with E-state index in [0.717, 1.165) is 50.7 Å². The lowest BCUT2D eigenvalue weighted by Gasteiger charge is -2.35. The van der Waals surface area contributed by atoms with E-state index in [9.17, 15) is 9.59 Å². The summed E-state index contributed by atoms with van der Waals surface area (Å²) in [5.74, 6) is 0.743. The number of hydrogen-bond donors (Lipinski definition) is 1. The number of aromatic nitrogens is 4. The number of benzene rings is 1. The van der Waals surface area contributed by atoms with Crippen LogP contribution in [-0.2, 0) is 20.1 Å². The van der Waals surface area contributed by atoms with Crippen molar-refractivity contribution in [1.29, 1.82) is 0 Å². The Kier molecular flexibility index (Phi) is 5.90. The molecule has 4 rings (SSSR count). The number of H-pyrrole nitrogens is 1. The summed E-state index contributed by atoms with van der Waals surface area (Å²) in [4.78, 5) is 36.1. The summed E-state index contributed by atoms with van der Waals surface area (Å²) < 4.78 is 3.33. The second-order valence-corrected chi connectivity index (χ2v) is 8.38. The normalized spacial score (nSPS) is 15.3. The molecule has 1 aromatic carbocycles. The van der Waals surface area contributed by atoms with Gasteiger partial charge < -0.3 is 9.47 Å². The standard InChI is InChI=1S/C20H24Cl2N6O2/c1-3-6-28-16-17(25(2)20(30)24-18(16)29)23-19(28)27-9-7-26(8-10-27)12-13-4-5-14(21)15(22)11-13/h4-5,11H,3,6-10,12H2,1-2H3,(H,24,29,30). The summed E-state index contributed by atoms with van der Waals surface area (Å²) in [5.41, 5.74) is 1.15. The minimum absolute atomic E-state index is 0.390. The van der Waals surface area contributed by atoms with Crippen molar-refractivity contribution >= 4 is 40.3 Å². The second-order valence-electron chi connectivity index (χ2n) is 7.57. The smallest absolute Gasteiger partial charge is 0.329 e. The Balaban J connectivity index is 1.57. The Morgan fingerprint density at radius 3 is 2.50 bits per heavy atom. The number of hydrogen-bond acceptors (Lipinski definition) is 5. The van der Waals surface area contributed by atoms with Gasteiger partial charge in [-0.2, -0.15) is 4.98 Å². The number of halogens is 2. The number of aryl methyl sites for hydroxylation is 2. The number of rotatable bonds is 5. The quantitative estimate of drug-likeness (QED) is 0.645. The lowest BCUT2D eigenvalue weighted by atomic mass is 10.2. The zero-order valence-corrected chi connectivity index (χ0v) is 18.5. The van der Waals surface area contributed by atoms with E-state index in [4.69, 9.17) is 23.2 Å². The minimum atomic E-state index is -0.452. The number of piperazine rings is 1. The van der Waals surface area contributed by atoms with Gasteiger partial charge in [-0.1, -0.05) is 36.2 Å². The average molecular weight is 451 g/mol. The molecule has 1 fully saturated rings. The Morgan fingerprint density at radius 1 is 1.10 bits per heavy atom. The summed E-state index contributed by atoms with van der Waals surface area (Å²) in [5, 5.41) is 1.13. The topological polar surface area (TPSA) is 79.2 Å². The molecule has 0 unspecified atom stereocenters. The van der Waals surface area contributed by atoms with Crippen LogP contribution in [0.1, 0.15) is 18.9 Å². The highest BCUT2D eigenvalue weighted by Gasteiger charge is 2.24. The molecule has 10 heteroatoms. The molecule has 30 heavy (non-hydrogen) atoms. The van der Waals surface area contributed by atoms with Crippen LogP contribution < -0.4 is 16.1 Å². The molecule has 0 spiro atoms. The largest absolute Gasteiger partial charge is 0.340 e. The van der Waals surface area contributed by atoms with E-state index in [-0.39, 0.29) is 0 Å². The van der Waals surface area contributed by atoms with E-state index in [2.05, 4.69) is 26.7 Å². The first kappa shape index (κ1) is 21.0. The molecule has 1 aliphatic heterocycles. The number of anilines is 1. The van der Waals surface area contributed by atoms with Gasteiger partial charge in [-0.3, -0.25) is 19.2 Å². The zero-order chi connectivity index (χ0) is 21.4. The van der Waals surface area contributed by atoms with Crippen LogP contribution in [0.3, 0.4) is 0 Å². The van der Waals surface area contributed by atoms with Gasteiger partial charge in [0.2, 0.25) is 5.95 Å². The fourth-order valence-corrected chi connectivity index (χ4v) is 4.22. The summed E-state index contributed by atoms with van der Waals surface area (Å²) in [6.45, 7) is 6.78. The predicted octanol–water partition coefficient (Wildman–Crippen LogP) is 2.46. The number of aromatic amines is 1. The van der Waals surface area contributed by atoms with Crippen molar-refractivity contribution in [1.82, 2.24) is 24.0 Å². The minimum Gasteiger partial charge on any atom is -0.340 e. The molecular formula is C20H24Cl2N6O2. The first-order valence-corrected chi connectivity index (χ1v) is 10.8.